The van der Waals surface area contributed by atoms with Crippen molar-refractivity contribution in [2.75, 3.05) is 11.9 Å². The fourth-order valence-electron chi connectivity index (χ4n) is 3.29. The molecule has 0 unspecified atom stereocenters. The molecule has 2 heterocycles. The molecule has 0 aliphatic rings. The number of aromatic nitrogens is 2. The molecular weight excluding hydrogens is 433 g/mol. The number of halogens is 3. The Hall–Kier alpha value is -4.14. The lowest BCUT2D eigenvalue weighted by Crippen LogP contribution is -2.26. The highest BCUT2D eigenvalue weighted by atomic mass is 19.4. The Balaban J connectivity index is 1.40. The van der Waals surface area contributed by atoms with Gasteiger partial charge in [-0.05, 0) is 60.7 Å². The summed E-state index contributed by atoms with van der Waals surface area (Å²) in [6, 6.07) is 16.3. The maximum atomic E-state index is 12.7. The summed E-state index contributed by atoms with van der Waals surface area (Å²) in [6.45, 7) is 0.430. The molecule has 0 aliphatic heterocycles. The fourth-order valence-corrected chi connectivity index (χ4v) is 3.29. The number of hydrogen-bond donors (Lipinski definition) is 3. The van der Waals surface area contributed by atoms with E-state index in [-0.39, 0.29) is 11.5 Å². The highest BCUT2D eigenvalue weighted by molar-refractivity contribution is 6.05. The van der Waals surface area contributed by atoms with Gasteiger partial charge in [-0.3, -0.25) is 14.6 Å². The topological polar surface area (TPSA) is 86.9 Å². The van der Waals surface area contributed by atoms with Crippen LogP contribution in [-0.2, 0) is 12.6 Å². The summed E-state index contributed by atoms with van der Waals surface area (Å²) < 4.78 is 38.1. The molecule has 2 aromatic heterocycles. The number of nitrogens with one attached hydrogen (secondary N) is 3. The first-order chi connectivity index (χ1) is 15.8. The number of fused-ring (bicyclic) bond motifs is 1. The standard InChI is InChI=1S/C24H19F3N4O2/c25-24(26,27)17-6-4-15(5-7-17)22(32)30-19-8-9-20-16(13-19)14-21(31-20)23(33)29-12-10-18-3-1-2-11-28-18/h1-9,11,13-14,31H,10,12H2,(H,29,33)(H,30,32). The van der Waals surface area contributed by atoms with Crippen LogP contribution in [0.5, 0.6) is 0 Å². The number of H-pyrrole nitrogens is 1. The van der Waals surface area contributed by atoms with E-state index in [0.29, 0.717) is 35.2 Å². The summed E-state index contributed by atoms with van der Waals surface area (Å²) >= 11 is 0. The molecule has 0 fully saturated rings. The van der Waals surface area contributed by atoms with Gasteiger partial charge in [0.1, 0.15) is 5.69 Å². The minimum Gasteiger partial charge on any atom is -0.351 e. The van der Waals surface area contributed by atoms with Crippen LogP contribution in [0, 0.1) is 0 Å². The predicted octanol–water partition coefficient (Wildman–Crippen LogP) is 4.81. The van der Waals surface area contributed by atoms with Gasteiger partial charge in [0.25, 0.3) is 11.8 Å². The number of alkyl halides is 3. The van der Waals surface area contributed by atoms with Crippen molar-refractivity contribution in [3.05, 3.63) is 95.4 Å². The second kappa shape index (κ2) is 9.15. The Morgan fingerprint density at radius 3 is 2.42 bits per heavy atom. The quantitative estimate of drug-likeness (QED) is 0.393. The van der Waals surface area contributed by atoms with Gasteiger partial charge in [0.15, 0.2) is 0 Å². The van der Waals surface area contributed by atoms with E-state index in [1.807, 2.05) is 18.2 Å². The van der Waals surface area contributed by atoms with E-state index in [4.69, 9.17) is 0 Å². The average Bonchev–Trinajstić information content (AvgIpc) is 3.23. The van der Waals surface area contributed by atoms with E-state index < -0.39 is 17.6 Å². The molecule has 0 spiro atoms. The van der Waals surface area contributed by atoms with Crippen molar-refractivity contribution in [1.29, 1.82) is 0 Å². The summed E-state index contributed by atoms with van der Waals surface area (Å²) in [6.07, 6.45) is -2.16. The van der Waals surface area contributed by atoms with Crippen LogP contribution in [-0.4, -0.2) is 28.3 Å². The third-order valence-electron chi connectivity index (χ3n) is 4.99. The normalized spacial score (nSPS) is 11.4. The Morgan fingerprint density at radius 1 is 0.939 bits per heavy atom. The maximum absolute atomic E-state index is 12.7. The second-order valence-electron chi connectivity index (χ2n) is 7.34. The zero-order valence-electron chi connectivity index (χ0n) is 17.2. The van der Waals surface area contributed by atoms with E-state index in [1.165, 1.54) is 0 Å². The van der Waals surface area contributed by atoms with Crippen LogP contribution >= 0.6 is 0 Å². The van der Waals surface area contributed by atoms with Crippen molar-refractivity contribution in [3.8, 4) is 0 Å². The summed E-state index contributed by atoms with van der Waals surface area (Å²) in [5.74, 6) is -0.802. The van der Waals surface area contributed by atoms with Crippen molar-refractivity contribution >= 4 is 28.4 Å². The lowest BCUT2D eigenvalue weighted by atomic mass is 10.1. The number of nitrogens with zero attached hydrogens (tertiary/aromatic N) is 1. The van der Waals surface area contributed by atoms with Crippen molar-refractivity contribution in [2.45, 2.75) is 12.6 Å². The lowest BCUT2D eigenvalue weighted by molar-refractivity contribution is -0.137. The SMILES string of the molecule is O=C(Nc1ccc2[nH]c(C(=O)NCCc3ccccn3)cc2c1)c1ccc(C(F)(F)F)cc1. The molecule has 0 saturated carbocycles. The number of hydrogen-bond acceptors (Lipinski definition) is 3. The first-order valence-corrected chi connectivity index (χ1v) is 10.1. The van der Waals surface area contributed by atoms with Gasteiger partial charge >= 0.3 is 6.18 Å². The van der Waals surface area contributed by atoms with Gasteiger partial charge in [-0.25, -0.2) is 0 Å². The Labute approximate surface area is 186 Å². The van der Waals surface area contributed by atoms with Gasteiger partial charge in [-0.1, -0.05) is 6.07 Å². The largest absolute Gasteiger partial charge is 0.416 e. The van der Waals surface area contributed by atoms with Gasteiger partial charge in [-0.15, -0.1) is 0 Å². The monoisotopic (exact) mass is 452 g/mol. The third kappa shape index (κ3) is 5.38. The molecule has 9 heteroatoms. The summed E-state index contributed by atoms with van der Waals surface area (Å²) in [5, 5.41) is 6.19. The molecule has 4 rings (SSSR count). The summed E-state index contributed by atoms with van der Waals surface area (Å²) in [5.41, 5.74) is 1.69. The molecule has 0 aliphatic carbocycles. The molecule has 168 valence electrons. The summed E-state index contributed by atoms with van der Waals surface area (Å²) in [4.78, 5) is 32.1. The smallest absolute Gasteiger partial charge is 0.351 e. The molecule has 0 bridgehead atoms. The van der Waals surface area contributed by atoms with Crippen LogP contribution in [0.25, 0.3) is 10.9 Å². The molecule has 0 radical (unpaired) electrons. The zero-order valence-corrected chi connectivity index (χ0v) is 17.2. The number of rotatable bonds is 6. The number of carbonyl (C=O) groups excluding carboxylic acids is 2. The minimum atomic E-state index is -4.46. The van der Waals surface area contributed by atoms with E-state index in [9.17, 15) is 22.8 Å². The van der Waals surface area contributed by atoms with Crippen LogP contribution in [0.15, 0.2) is 72.9 Å². The number of aromatic amines is 1. The molecule has 2 aromatic carbocycles. The Morgan fingerprint density at radius 2 is 1.73 bits per heavy atom. The molecule has 2 amide bonds. The van der Waals surface area contributed by atoms with Crippen LogP contribution in [0.3, 0.4) is 0 Å². The first kappa shape index (κ1) is 22.1. The number of carbonyl (C=O) groups is 2. The minimum absolute atomic E-state index is 0.102. The Kier molecular flexibility index (Phi) is 6.12. The van der Waals surface area contributed by atoms with Crippen molar-refractivity contribution < 1.29 is 22.8 Å². The van der Waals surface area contributed by atoms with Gasteiger partial charge in [-0.2, -0.15) is 13.2 Å². The van der Waals surface area contributed by atoms with Crippen LogP contribution in [0.4, 0.5) is 18.9 Å². The highest BCUT2D eigenvalue weighted by Crippen LogP contribution is 2.29. The van der Waals surface area contributed by atoms with Crippen LogP contribution in [0.1, 0.15) is 32.1 Å². The highest BCUT2D eigenvalue weighted by Gasteiger charge is 2.30. The lowest BCUT2D eigenvalue weighted by Gasteiger charge is -2.08. The van der Waals surface area contributed by atoms with E-state index in [2.05, 4.69) is 20.6 Å². The molecule has 6 nitrogen and oxygen atoms in total. The molecule has 4 aromatic rings. The third-order valence-corrected chi connectivity index (χ3v) is 4.99. The molecular formula is C24H19F3N4O2. The number of anilines is 1. The molecule has 0 saturated heterocycles. The average molecular weight is 452 g/mol. The number of amides is 2. The summed E-state index contributed by atoms with van der Waals surface area (Å²) in [7, 11) is 0. The number of pyridine rings is 1. The van der Waals surface area contributed by atoms with Crippen LogP contribution in [0.2, 0.25) is 0 Å². The van der Waals surface area contributed by atoms with E-state index in [0.717, 1.165) is 30.0 Å². The zero-order chi connectivity index (χ0) is 23.4. The van der Waals surface area contributed by atoms with E-state index in [1.54, 1.807) is 30.5 Å². The van der Waals surface area contributed by atoms with Gasteiger partial charge in [0.2, 0.25) is 0 Å². The van der Waals surface area contributed by atoms with Crippen molar-refractivity contribution in [2.24, 2.45) is 0 Å². The molecule has 0 atom stereocenters. The fraction of sp³-hybridized carbons (Fsp3) is 0.125. The maximum Gasteiger partial charge on any atom is 0.416 e. The van der Waals surface area contributed by atoms with Crippen molar-refractivity contribution in [3.63, 3.8) is 0 Å². The predicted molar refractivity (Wildman–Crippen MR) is 118 cm³/mol. The molecule has 33 heavy (non-hydrogen) atoms. The van der Waals surface area contributed by atoms with Crippen molar-refractivity contribution in [1.82, 2.24) is 15.3 Å². The van der Waals surface area contributed by atoms with Gasteiger partial charge in [0, 0.05) is 47.0 Å². The molecule has 3 N–H and O–H groups in total. The van der Waals surface area contributed by atoms with Crippen LogP contribution < -0.4 is 10.6 Å². The Bertz CT molecular complexity index is 1280. The first-order valence-electron chi connectivity index (χ1n) is 10.1. The van der Waals surface area contributed by atoms with Gasteiger partial charge in [0.05, 0.1) is 5.56 Å². The number of benzene rings is 2. The second-order valence-corrected chi connectivity index (χ2v) is 7.34. The van der Waals surface area contributed by atoms with Gasteiger partial charge < -0.3 is 15.6 Å². The van der Waals surface area contributed by atoms with E-state index >= 15 is 0 Å².